The molecule has 39 heavy (non-hydrogen) atoms. The van der Waals surface area contributed by atoms with E-state index in [0.29, 0.717) is 31.0 Å². The molecule has 11 heteroatoms. The van der Waals surface area contributed by atoms with Crippen LogP contribution in [0.25, 0.3) is 10.9 Å². The van der Waals surface area contributed by atoms with Crippen molar-refractivity contribution in [1.29, 1.82) is 0 Å². The first-order valence-corrected chi connectivity index (χ1v) is 13.5. The Bertz CT molecular complexity index is 1410. The van der Waals surface area contributed by atoms with Gasteiger partial charge in [-0.3, -0.25) is 19.2 Å². The second-order valence-electron chi connectivity index (χ2n) is 10.8. The van der Waals surface area contributed by atoms with Gasteiger partial charge in [0.25, 0.3) is 5.91 Å². The lowest BCUT2D eigenvalue weighted by atomic mass is 9.91. The first kappa shape index (κ1) is 25.1. The number of methoxy groups -OCH3 is 1. The van der Waals surface area contributed by atoms with Gasteiger partial charge in [0.05, 0.1) is 25.7 Å². The van der Waals surface area contributed by atoms with Crippen LogP contribution in [-0.2, 0) is 9.59 Å². The number of H-pyrrole nitrogens is 2. The van der Waals surface area contributed by atoms with Crippen molar-refractivity contribution >= 4 is 34.4 Å². The number of likely N-dealkylation sites (tertiary alicyclic amines) is 1. The lowest BCUT2D eigenvalue weighted by Crippen LogP contribution is -2.53. The van der Waals surface area contributed by atoms with Gasteiger partial charge in [-0.25, -0.2) is 4.98 Å². The fourth-order valence-corrected chi connectivity index (χ4v) is 6.65. The molecule has 0 radical (unpaired) electrons. The molecule has 1 saturated carbocycles. The number of aromatic nitrogens is 3. The molecule has 3 aliphatic rings. The first-order valence-electron chi connectivity index (χ1n) is 13.5. The first-order chi connectivity index (χ1) is 18.9. The number of carbonyl (C=O) groups is 4. The number of aromatic amines is 2. The van der Waals surface area contributed by atoms with E-state index in [1.54, 1.807) is 18.1 Å². The van der Waals surface area contributed by atoms with Crippen molar-refractivity contribution in [3.8, 4) is 5.75 Å². The van der Waals surface area contributed by atoms with Gasteiger partial charge in [0, 0.05) is 29.9 Å². The molecule has 2 saturated heterocycles. The van der Waals surface area contributed by atoms with E-state index >= 15 is 0 Å². The molecule has 3 unspecified atom stereocenters. The van der Waals surface area contributed by atoms with E-state index < -0.39 is 12.1 Å². The molecule has 3 amide bonds. The number of Topliss-reactive ketones (excluding diaryl/α,β-unsaturated/α-hetero) is 1. The third kappa shape index (κ3) is 4.55. The van der Waals surface area contributed by atoms with Crippen LogP contribution in [0.3, 0.4) is 0 Å². The summed E-state index contributed by atoms with van der Waals surface area (Å²) >= 11 is 0. The number of imidazole rings is 1. The zero-order chi connectivity index (χ0) is 27.1. The normalized spacial score (nSPS) is 24.9. The second kappa shape index (κ2) is 10.2. The van der Waals surface area contributed by atoms with Crippen LogP contribution in [-0.4, -0.2) is 75.6 Å². The average molecular weight is 533 g/mol. The van der Waals surface area contributed by atoms with Crippen LogP contribution in [0.2, 0.25) is 0 Å². The molecule has 4 heterocycles. The van der Waals surface area contributed by atoms with Crippen molar-refractivity contribution in [2.75, 3.05) is 20.2 Å². The Kier molecular flexibility index (Phi) is 6.58. The number of rotatable bonds is 8. The third-order valence-corrected chi connectivity index (χ3v) is 8.57. The number of nitrogens with one attached hydrogen (secondary N) is 4. The van der Waals surface area contributed by atoms with Crippen LogP contribution >= 0.6 is 0 Å². The van der Waals surface area contributed by atoms with Crippen molar-refractivity contribution < 1.29 is 23.9 Å². The molecule has 4 N–H and O–H groups in total. The highest BCUT2D eigenvalue weighted by Gasteiger charge is 2.50. The number of hydrogen-bond donors (Lipinski definition) is 4. The monoisotopic (exact) mass is 532 g/mol. The molecule has 1 aromatic carbocycles. The number of nitrogens with zero attached hydrogens (tertiary/aromatic N) is 2. The third-order valence-electron chi connectivity index (χ3n) is 8.57. The number of fused-ring (bicyclic) bond motifs is 2. The number of benzene rings is 1. The van der Waals surface area contributed by atoms with Crippen LogP contribution in [0, 0.1) is 17.8 Å². The maximum Gasteiger partial charge on any atom is 0.271 e. The van der Waals surface area contributed by atoms with Gasteiger partial charge >= 0.3 is 0 Å². The Labute approximate surface area is 225 Å². The zero-order valence-corrected chi connectivity index (χ0v) is 21.7. The predicted molar refractivity (Wildman–Crippen MR) is 141 cm³/mol. The largest absolute Gasteiger partial charge is 0.496 e. The van der Waals surface area contributed by atoms with E-state index in [9.17, 15) is 19.2 Å². The second-order valence-corrected chi connectivity index (χ2v) is 10.8. The summed E-state index contributed by atoms with van der Waals surface area (Å²) in [7, 11) is 1.58. The molecule has 2 aliphatic heterocycles. The SMILES string of the molecule is COc1cccc2[nH]c(C(=O)N3CC4CCCC4C3C(=O)N[C@@H](C[C@@H]3CCNC3=O)C(=O)c3cnc[nH]3)cc12. The van der Waals surface area contributed by atoms with Gasteiger partial charge in [-0.1, -0.05) is 12.5 Å². The Morgan fingerprint density at radius 1 is 1.21 bits per heavy atom. The maximum absolute atomic E-state index is 13.9. The highest BCUT2D eigenvalue weighted by atomic mass is 16.5. The Morgan fingerprint density at radius 2 is 2.08 bits per heavy atom. The lowest BCUT2D eigenvalue weighted by molar-refractivity contribution is -0.127. The lowest BCUT2D eigenvalue weighted by Gasteiger charge is -2.29. The fraction of sp³-hybridized carbons (Fsp3) is 0.464. The van der Waals surface area contributed by atoms with Crippen LogP contribution in [0.15, 0.2) is 36.8 Å². The molecule has 0 bridgehead atoms. The van der Waals surface area contributed by atoms with Gasteiger partial charge in [0.15, 0.2) is 0 Å². The average Bonchev–Trinajstić information content (AvgIpc) is 3.75. The summed E-state index contributed by atoms with van der Waals surface area (Å²) in [5.41, 5.74) is 1.43. The molecule has 5 atom stereocenters. The zero-order valence-electron chi connectivity index (χ0n) is 21.7. The van der Waals surface area contributed by atoms with E-state index in [4.69, 9.17) is 4.74 Å². The van der Waals surface area contributed by atoms with Crippen molar-refractivity contribution in [1.82, 2.24) is 30.5 Å². The van der Waals surface area contributed by atoms with Crippen molar-refractivity contribution in [3.05, 3.63) is 48.2 Å². The predicted octanol–water partition coefficient (Wildman–Crippen LogP) is 2.03. The number of hydrogen-bond acceptors (Lipinski definition) is 6. The Balaban J connectivity index is 1.28. The number of ketones is 1. The van der Waals surface area contributed by atoms with Crippen molar-refractivity contribution in [3.63, 3.8) is 0 Å². The number of carbonyl (C=O) groups excluding carboxylic acids is 4. The fourth-order valence-electron chi connectivity index (χ4n) is 6.65. The van der Waals surface area contributed by atoms with Crippen LogP contribution < -0.4 is 15.4 Å². The molecular weight excluding hydrogens is 500 g/mol. The summed E-state index contributed by atoms with van der Waals surface area (Å²) in [6.07, 6.45) is 6.41. The quantitative estimate of drug-likeness (QED) is 0.326. The number of ether oxygens (including phenoxy) is 1. The van der Waals surface area contributed by atoms with Gasteiger partial charge in [0.1, 0.15) is 23.2 Å². The maximum atomic E-state index is 13.9. The Morgan fingerprint density at radius 3 is 2.82 bits per heavy atom. The van der Waals surface area contributed by atoms with E-state index in [0.717, 1.165) is 30.2 Å². The van der Waals surface area contributed by atoms with Gasteiger partial charge in [0.2, 0.25) is 17.6 Å². The standard InChI is InChI=1S/C28H32N6O5/c1-39-23-7-3-6-19-18(23)11-21(32-19)28(38)34-13-16-4-2-5-17(16)24(34)27(37)33-20(10-15-8-9-30-26(15)36)25(35)22-12-29-14-31-22/h3,6-7,11-12,14-17,20,24,32H,2,4-5,8-10,13H2,1H3,(H,29,31)(H,30,36)(H,33,37)/t15-,16?,17?,20-,24?/m0/s1. The van der Waals surface area contributed by atoms with Gasteiger partial charge in [-0.15, -0.1) is 0 Å². The summed E-state index contributed by atoms with van der Waals surface area (Å²) in [5, 5.41) is 6.54. The van der Waals surface area contributed by atoms with Gasteiger partial charge in [-0.05, 0) is 55.7 Å². The van der Waals surface area contributed by atoms with Crippen LogP contribution in [0.5, 0.6) is 5.75 Å². The minimum atomic E-state index is -0.915. The molecular formula is C28H32N6O5. The van der Waals surface area contributed by atoms with Crippen molar-refractivity contribution in [2.24, 2.45) is 17.8 Å². The summed E-state index contributed by atoms with van der Waals surface area (Å²) in [5.74, 6) is -0.527. The molecule has 6 rings (SSSR count). The molecule has 204 valence electrons. The highest BCUT2D eigenvalue weighted by molar-refractivity contribution is 6.04. The summed E-state index contributed by atoms with van der Waals surface area (Å²) in [4.78, 5) is 65.0. The minimum absolute atomic E-state index is 0.0190. The summed E-state index contributed by atoms with van der Waals surface area (Å²) in [6, 6.07) is 5.71. The molecule has 1 aliphatic carbocycles. The van der Waals surface area contributed by atoms with E-state index in [2.05, 4.69) is 25.6 Å². The highest BCUT2D eigenvalue weighted by Crippen LogP contribution is 2.43. The topological polar surface area (TPSA) is 149 Å². The Hall–Kier alpha value is -4.15. The molecule has 0 spiro atoms. The summed E-state index contributed by atoms with van der Waals surface area (Å²) < 4.78 is 5.45. The van der Waals surface area contributed by atoms with E-state index in [1.807, 2.05) is 18.2 Å². The number of amides is 3. The van der Waals surface area contributed by atoms with Crippen LogP contribution in [0.1, 0.15) is 53.1 Å². The molecule has 3 fully saturated rings. The van der Waals surface area contributed by atoms with Gasteiger partial charge in [-0.2, -0.15) is 0 Å². The van der Waals surface area contributed by atoms with E-state index in [-0.39, 0.29) is 53.4 Å². The minimum Gasteiger partial charge on any atom is -0.496 e. The van der Waals surface area contributed by atoms with Crippen molar-refractivity contribution in [2.45, 2.75) is 44.2 Å². The van der Waals surface area contributed by atoms with Gasteiger partial charge < -0.3 is 30.2 Å². The smallest absolute Gasteiger partial charge is 0.271 e. The molecule has 2 aromatic heterocycles. The van der Waals surface area contributed by atoms with Crippen LogP contribution in [0.4, 0.5) is 0 Å². The van der Waals surface area contributed by atoms with E-state index in [1.165, 1.54) is 12.5 Å². The molecule has 11 nitrogen and oxygen atoms in total. The molecule has 3 aromatic rings. The summed E-state index contributed by atoms with van der Waals surface area (Å²) in [6.45, 7) is 1.03.